The van der Waals surface area contributed by atoms with Crippen LogP contribution in [-0.4, -0.2) is 19.3 Å². The zero-order valence-corrected chi connectivity index (χ0v) is 7.25. The van der Waals surface area contributed by atoms with Gasteiger partial charge in [0.2, 0.25) is 0 Å². The molecule has 2 nitrogen and oxygen atoms in total. The maximum atomic E-state index is 5.66. The lowest BCUT2D eigenvalue weighted by atomic mass is 9.86. The smallest absolute Gasteiger partial charge is 0.406 e. The van der Waals surface area contributed by atoms with Crippen molar-refractivity contribution in [1.29, 1.82) is 0 Å². The van der Waals surface area contributed by atoms with E-state index in [1.165, 1.54) is 19.3 Å². The molecular formula is C8H15BO2. The van der Waals surface area contributed by atoms with Crippen molar-refractivity contribution >= 4 is 7.12 Å². The average molecular weight is 154 g/mol. The summed E-state index contributed by atoms with van der Waals surface area (Å²) in [5.41, 5.74) is 0. The Morgan fingerprint density at radius 3 is 2.82 bits per heavy atom. The van der Waals surface area contributed by atoms with Gasteiger partial charge in [-0.3, -0.25) is 0 Å². The van der Waals surface area contributed by atoms with E-state index in [9.17, 15) is 0 Å². The molecule has 1 saturated heterocycles. The number of hydrogen-bond donors (Lipinski definition) is 0. The van der Waals surface area contributed by atoms with Crippen molar-refractivity contribution in [2.75, 3.05) is 0 Å². The minimum absolute atomic E-state index is 0.0329. The van der Waals surface area contributed by atoms with E-state index in [1.54, 1.807) is 0 Å². The summed E-state index contributed by atoms with van der Waals surface area (Å²) in [5, 5.41) is 0. The Kier molecular flexibility index (Phi) is 1.94. The first kappa shape index (κ1) is 7.62. The molecule has 2 fully saturated rings. The summed E-state index contributed by atoms with van der Waals surface area (Å²) in [6.07, 6.45) is 4.59. The molecule has 62 valence electrons. The van der Waals surface area contributed by atoms with E-state index in [0.717, 1.165) is 0 Å². The van der Waals surface area contributed by atoms with Crippen LogP contribution in [0.15, 0.2) is 0 Å². The fraction of sp³-hybridized carbons (Fsp3) is 1.00. The molecule has 0 aromatic carbocycles. The van der Waals surface area contributed by atoms with Crippen molar-refractivity contribution in [3.63, 3.8) is 0 Å². The van der Waals surface area contributed by atoms with E-state index < -0.39 is 0 Å². The Hall–Kier alpha value is -0.0151. The number of rotatable bonds is 0. The van der Waals surface area contributed by atoms with Crippen LogP contribution < -0.4 is 0 Å². The maximum Gasteiger partial charge on any atom is 0.454 e. The second-order valence-electron chi connectivity index (χ2n) is 3.75. The Morgan fingerprint density at radius 1 is 1.27 bits per heavy atom. The van der Waals surface area contributed by atoms with Gasteiger partial charge in [-0.25, -0.2) is 0 Å². The minimum atomic E-state index is 0.0329. The molecule has 3 unspecified atom stereocenters. The van der Waals surface area contributed by atoms with Crippen LogP contribution in [0.5, 0.6) is 0 Å². The fourth-order valence-corrected chi connectivity index (χ4v) is 2.20. The largest absolute Gasteiger partial charge is 0.454 e. The first-order valence-corrected chi connectivity index (χ1v) is 4.58. The van der Waals surface area contributed by atoms with Gasteiger partial charge in [0.1, 0.15) is 0 Å². The molecular weight excluding hydrogens is 139 g/mol. The topological polar surface area (TPSA) is 18.5 Å². The summed E-state index contributed by atoms with van der Waals surface area (Å²) in [6.45, 7) is 4.25. The molecule has 2 aliphatic rings. The molecule has 0 aromatic heterocycles. The van der Waals surface area contributed by atoms with Gasteiger partial charge in [0.15, 0.2) is 0 Å². The molecule has 11 heavy (non-hydrogen) atoms. The molecule has 0 amide bonds. The van der Waals surface area contributed by atoms with E-state index in [-0.39, 0.29) is 7.12 Å². The quantitative estimate of drug-likeness (QED) is 0.494. The van der Waals surface area contributed by atoms with Gasteiger partial charge in [0, 0.05) is 0 Å². The van der Waals surface area contributed by atoms with Crippen LogP contribution in [-0.2, 0) is 9.31 Å². The van der Waals surface area contributed by atoms with Crippen molar-refractivity contribution < 1.29 is 9.31 Å². The summed E-state index contributed by atoms with van der Waals surface area (Å²) in [7, 11) is 0.0329. The molecule has 0 bridgehead atoms. The molecule has 0 N–H and O–H groups in total. The predicted octanol–water partition coefficient (Wildman–Crippen LogP) is 1.71. The van der Waals surface area contributed by atoms with E-state index in [1.807, 2.05) is 6.82 Å². The first-order valence-electron chi connectivity index (χ1n) is 4.58. The van der Waals surface area contributed by atoms with E-state index in [0.29, 0.717) is 18.1 Å². The Bertz CT molecular complexity index is 151. The van der Waals surface area contributed by atoms with Crippen molar-refractivity contribution in [2.24, 2.45) is 5.92 Å². The first-order chi connectivity index (χ1) is 5.27. The van der Waals surface area contributed by atoms with Gasteiger partial charge in [-0.05, 0) is 25.6 Å². The lowest BCUT2D eigenvalue weighted by Crippen LogP contribution is -2.33. The minimum Gasteiger partial charge on any atom is -0.406 e. The van der Waals surface area contributed by atoms with Gasteiger partial charge in [-0.1, -0.05) is 13.3 Å². The average Bonchev–Trinajstić information content (AvgIpc) is 2.31. The van der Waals surface area contributed by atoms with E-state index in [2.05, 4.69) is 6.92 Å². The maximum absolute atomic E-state index is 5.66. The van der Waals surface area contributed by atoms with Crippen LogP contribution in [0.4, 0.5) is 0 Å². The summed E-state index contributed by atoms with van der Waals surface area (Å²) in [6, 6.07) is 0. The molecule has 1 aliphatic heterocycles. The molecule has 0 spiro atoms. The van der Waals surface area contributed by atoms with Gasteiger partial charge >= 0.3 is 7.12 Å². The van der Waals surface area contributed by atoms with Crippen LogP contribution >= 0.6 is 0 Å². The zero-order chi connectivity index (χ0) is 7.84. The lowest BCUT2D eigenvalue weighted by molar-refractivity contribution is 0.0667. The molecule has 2 rings (SSSR count). The highest BCUT2D eigenvalue weighted by molar-refractivity contribution is 6.43. The van der Waals surface area contributed by atoms with Gasteiger partial charge in [-0.15, -0.1) is 0 Å². The Labute approximate surface area is 68.4 Å². The molecule has 3 atom stereocenters. The normalized spacial score (nSPS) is 44.2. The van der Waals surface area contributed by atoms with Crippen molar-refractivity contribution in [2.45, 2.75) is 45.2 Å². The lowest BCUT2D eigenvalue weighted by Gasteiger charge is -2.29. The molecule has 0 aromatic rings. The summed E-state index contributed by atoms with van der Waals surface area (Å²) < 4.78 is 11.3. The van der Waals surface area contributed by atoms with Gasteiger partial charge in [0.05, 0.1) is 12.2 Å². The fourth-order valence-electron chi connectivity index (χ4n) is 2.20. The summed E-state index contributed by atoms with van der Waals surface area (Å²) in [4.78, 5) is 0. The molecule has 1 heterocycles. The zero-order valence-electron chi connectivity index (χ0n) is 7.25. The van der Waals surface area contributed by atoms with Gasteiger partial charge in [-0.2, -0.15) is 0 Å². The van der Waals surface area contributed by atoms with E-state index in [4.69, 9.17) is 9.31 Å². The third-order valence-corrected chi connectivity index (χ3v) is 2.79. The Balaban J connectivity index is 2.03. The van der Waals surface area contributed by atoms with Gasteiger partial charge in [0.25, 0.3) is 0 Å². The van der Waals surface area contributed by atoms with Gasteiger partial charge < -0.3 is 9.31 Å². The standard InChI is InChI=1S/C8H15BO2/c1-6-4-3-5-7-8(6)11-9(2)10-7/h6-8H,3-5H2,1-2H3. The van der Waals surface area contributed by atoms with Crippen LogP contribution in [0, 0.1) is 5.92 Å². The molecule has 1 saturated carbocycles. The molecule has 1 aliphatic carbocycles. The van der Waals surface area contributed by atoms with Crippen LogP contribution in [0.25, 0.3) is 0 Å². The van der Waals surface area contributed by atoms with Crippen LogP contribution in [0.3, 0.4) is 0 Å². The van der Waals surface area contributed by atoms with E-state index >= 15 is 0 Å². The van der Waals surface area contributed by atoms with Crippen molar-refractivity contribution in [3.8, 4) is 0 Å². The number of hydrogen-bond acceptors (Lipinski definition) is 2. The van der Waals surface area contributed by atoms with Crippen LogP contribution in [0.1, 0.15) is 26.2 Å². The highest BCUT2D eigenvalue weighted by Gasteiger charge is 2.41. The summed E-state index contributed by atoms with van der Waals surface area (Å²) >= 11 is 0. The highest BCUT2D eigenvalue weighted by atomic mass is 16.7. The monoisotopic (exact) mass is 154 g/mol. The second kappa shape index (κ2) is 2.79. The van der Waals surface area contributed by atoms with Crippen molar-refractivity contribution in [3.05, 3.63) is 0 Å². The summed E-state index contributed by atoms with van der Waals surface area (Å²) in [5.74, 6) is 0.693. The van der Waals surface area contributed by atoms with Crippen LogP contribution in [0.2, 0.25) is 6.82 Å². The highest BCUT2D eigenvalue weighted by Crippen LogP contribution is 2.33. The number of fused-ring (bicyclic) bond motifs is 1. The SMILES string of the molecule is CB1OC2CCCC(C)C2O1. The second-order valence-corrected chi connectivity index (χ2v) is 3.75. The predicted molar refractivity (Wildman–Crippen MR) is 44.4 cm³/mol. The third kappa shape index (κ3) is 1.32. The third-order valence-electron chi connectivity index (χ3n) is 2.79. The molecule has 0 radical (unpaired) electrons. The Morgan fingerprint density at radius 2 is 2.09 bits per heavy atom. The van der Waals surface area contributed by atoms with Crippen molar-refractivity contribution in [1.82, 2.24) is 0 Å². The molecule has 3 heteroatoms.